The van der Waals surface area contributed by atoms with Gasteiger partial charge in [-0.1, -0.05) is 28.1 Å². The van der Waals surface area contributed by atoms with E-state index in [0.717, 1.165) is 22.0 Å². The summed E-state index contributed by atoms with van der Waals surface area (Å²) in [6.07, 6.45) is 1.16. The van der Waals surface area contributed by atoms with Crippen LogP contribution in [-0.4, -0.2) is 41.3 Å². The third kappa shape index (κ3) is 5.10. The van der Waals surface area contributed by atoms with Crippen LogP contribution in [0.5, 0.6) is 0 Å². The Kier molecular flexibility index (Phi) is 6.48. The molecule has 0 spiro atoms. The van der Waals surface area contributed by atoms with Crippen LogP contribution in [0.3, 0.4) is 0 Å². The minimum Gasteiger partial charge on any atom is -0.364 e. The third-order valence-corrected chi connectivity index (χ3v) is 7.19. The van der Waals surface area contributed by atoms with Crippen molar-refractivity contribution >= 4 is 54.2 Å². The molecule has 0 radical (unpaired) electrons. The van der Waals surface area contributed by atoms with Crippen molar-refractivity contribution < 1.29 is 18.0 Å². The van der Waals surface area contributed by atoms with Gasteiger partial charge in [-0.15, -0.1) is 0 Å². The molecule has 2 aromatic heterocycles. The van der Waals surface area contributed by atoms with Crippen LogP contribution in [0.15, 0.2) is 57.9 Å². The lowest BCUT2D eigenvalue weighted by molar-refractivity contribution is 0.0996. The standard InChI is InChI=1S/C24H22BrN5O4S/c1-13-22(14(2)30(29-13)12-15-4-7-17(8-5-15)35(3,33)34)28-24(32)19-11-21(23(26)31)27-20-9-6-16(25)10-18(19)20/h4-11H,12H2,1-3H3,(H2,26,31)(H,28,32). The Morgan fingerprint density at radius 1 is 1.09 bits per heavy atom. The first-order chi connectivity index (χ1) is 16.4. The number of amides is 2. The van der Waals surface area contributed by atoms with Crippen LogP contribution >= 0.6 is 15.9 Å². The van der Waals surface area contributed by atoms with Crippen LogP contribution in [0.4, 0.5) is 5.69 Å². The Morgan fingerprint density at radius 3 is 2.40 bits per heavy atom. The Bertz CT molecular complexity index is 1590. The normalized spacial score (nSPS) is 11.5. The van der Waals surface area contributed by atoms with E-state index in [-0.39, 0.29) is 16.2 Å². The van der Waals surface area contributed by atoms with Crippen LogP contribution in [0.25, 0.3) is 10.9 Å². The molecule has 0 unspecified atom stereocenters. The van der Waals surface area contributed by atoms with Crippen molar-refractivity contribution in [3.8, 4) is 0 Å². The molecule has 4 rings (SSSR count). The number of aryl methyl sites for hydroxylation is 1. The van der Waals surface area contributed by atoms with Crippen molar-refractivity contribution in [3.63, 3.8) is 0 Å². The van der Waals surface area contributed by atoms with Gasteiger partial charge in [0.2, 0.25) is 0 Å². The monoisotopic (exact) mass is 555 g/mol. The first kappa shape index (κ1) is 24.6. The third-order valence-electron chi connectivity index (χ3n) is 5.57. The lowest BCUT2D eigenvalue weighted by Gasteiger charge is -2.11. The smallest absolute Gasteiger partial charge is 0.267 e. The van der Waals surface area contributed by atoms with E-state index in [9.17, 15) is 18.0 Å². The molecule has 0 aliphatic carbocycles. The molecule has 9 nitrogen and oxygen atoms in total. The lowest BCUT2D eigenvalue weighted by Crippen LogP contribution is -2.18. The highest BCUT2D eigenvalue weighted by Gasteiger charge is 2.20. The summed E-state index contributed by atoms with van der Waals surface area (Å²) in [5, 5.41) is 8.01. The second-order valence-electron chi connectivity index (χ2n) is 8.15. The number of anilines is 1. The van der Waals surface area contributed by atoms with Gasteiger partial charge in [-0.3, -0.25) is 14.3 Å². The Hall–Kier alpha value is -3.57. The fourth-order valence-corrected chi connectivity index (χ4v) is 4.73. The van der Waals surface area contributed by atoms with E-state index in [0.29, 0.717) is 28.8 Å². The minimum atomic E-state index is -3.28. The predicted molar refractivity (Wildman–Crippen MR) is 136 cm³/mol. The van der Waals surface area contributed by atoms with Gasteiger partial charge in [0.15, 0.2) is 9.84 Å². The first-order valence-electron chi connectivity index (χ1n) is 10.5. The highest BCUT2D eigenvalue weighted by atomic mass is 79.9. The number of hydrogen-bond acceptors (Lipinski definition) is 6. The first-order valence-corrected chi connectivity index (χ1v) is 13.2. The van der Waals surface area contributed by atoms with E-state index < -0.39 is 21.7 Å². The number of rotatable bonds is 6. The number of aromatic nitrogens is 3. The van der Waals surface area contributed by atoms with Gasteiger partial charge >= 0.3 is 0 Å². The number of benzene rings is 2. The molecule has 0 atom stereocenters. The number of hydrogen-bond donors (Lipinski definition) is 2. The van der Waals surface area contributed by atoms with Gasteiger partial charge in [0, 0.05) is 16.1 Å². The number of sulfone groups is 1. The van der Waals surface area contributed by atoms with Gasteiger partial charge in [0.25, 0.3) is 11.8 Å². The summed E-state index contributed by atoms with van der Waals surface area (Å²) in [4.78, 5) is 29.6. The zero-order chi connectivity index (χ0) is 25.5. The molecular weight excluding hydrogens is 534 g/mol. The van der Waals surface area contributed by atoms with Gasteiger partial charge in [0.05, 0.1) is 39.6 Å². The Balaban J connectivity index is 1.66. The van der Waals surface area contributed by atoms with E-state index in [1.165, 1.54) is 6.07 Å². The van der Waals surface area contributed by atoms with E-state index in [1.807, 2.05) is 6.92 Å². The number of carbonyl (C=O) groups is 2. The van der Waals surface area contributed by atoms with Crippen LogP contribution in [0, 0.1) is 13.8 Å². The van der Waals surface area contributed by atoms with E-state index in [2.05, 4.69) is 31.3 Å². The maximum Gasteiger partial charge on any atom is 0.267 e. The summed E-state index contributed by atoms with van der Waals surface area (Å²) in [6.45, 7) is 4.00. The molecule has 4 aromatic rings. The largest absolute Gasteiger partial charge is 0.364 e. The maximum atomic E-state index is 13.3. The van der Waals surface area contributed by atoms with Crippen molar-refractivity contribution in [1.82, 2.24) is 14.8 Å². The summed E-state index contributed by atoms with van der Waals surface area (Å²) < 4.78 is 25.9. The van der Waals surface area contributed by atoms with Crippen molar-refractivity contribution in [2.24, 2.45) is 5.73 Å². The molecular formula is C24H22BrN5O4S. The molecule has 0 bridgehead atoms. The molecule has 2 amide bonds. The molecule has 0 saturated heterocycles. The molecule has 0 saturated carbocycles. The summed E-state index contributed by atoms with van der Waals surface area (Å²) in [6, 6.07) is 13.2. The zero-order valence-corrected chi connectivity index (χ0v) is 21.6. The fraction of sp³-hybridized carbons (Fsp3) is 0.167. The van der Waals surface area contributed by atoms with Gasteiger partial charge in [0.1, 0.15) is 5.69 Å². The molecule has 0 fully saturated rings. The fourth-order valence-electron chi connectivity index (χ4n) is 3.74. The number of halogens is 1. The van der Waals surface area contributed by atoms with Crippen molar-refractivity contribution in [2.45, 2.75) is 25.3 Å². The van der Waals surface area contributed by atoms with E-state index >= 15 is 0 Å². The van der Waals surface area contributed by atoms with Crippen molar-refractivity contribution in [3.05, 3.63) is 81.2 Å². The van der Waals surface area contributed by atoms with Gasteiger partial charge < -0.3 is 11.1 Å². The lowest BCUT2D eigenvalue weighted by atomic mass is 10.1. The molecule has 2 heterocycles. The van der Waals surface area contributed by atoms with Gasteiger partial charge in [-0.05, 0) is 55.8 Å². The summed E-state index contributed by atoms with van der Waals surface area (Å²) in [7, 11) is -3.28. The van der Waals surface area contributed by atoms with E-state index in [1.54, 1.807) is 54.1 Å². The molecule has 0 aliphatic rings. The van der Waals surface area contributed by atoms with Crippen LogP contribution < -0.4 is 11.1 Å². The number of pyridine rings is 1. The molecule has 3 N–H and O–H groups in total. The second kappa shape index (κ2) is 9.23. The number of primary amides is 1. The summed E-state index contributed by atoms with van der Waals surface area (Å²) in [5.74, 6) is -1.16. The quantitative estimate of drug-likeness (QED) is 0.372. The SMILES string of the molecule is Cc1nn(Cc2ccc(S(C)(=O)=O)cc2)c(C)c1NC(=O)c1cc(C(N)=O)nc2ccc(Br)cc12. The molecule has 11 heteroatoms. The maximum absolute atomic E-state index is 13.3. The van der Waals surface area contributed by atoms with Crippen LogP contribution in [-0.2, 0) is 16.4 Å². The predicted octanol–water partition coefficient (Wildman–Crippen LogP) is 3.61. The van der Waals surface area contributed by atoms with Crippen molar-refractivity contribution in [1.29, 1.82) is 0 Å². The zero-order valence-electron chi connectivity index (χ0n) is 19.2. The number of nitrogens with one attached hydrogen (secondary N) is 1. The van der Waals surface area contributed by atoms with Gasteiger partial charge in [-0.25, -0.2) is 13.4 Å². The van der Waals surface area contributed by atoms with Crippen LogP contribution in [0.1, 0.15) is 37.8 Å². The average Bonchev–Trinajstić information content (AvgIpc) is 3.05. The average molecular weight is 556 g/mol. The summed E-state index contributed by atoms with van der Waals surface area (Å²) >= 11 is 3.41. The van der Waals surface area contributed by atoms with Crippen molar-refractivity contribution in [2.75, 3.05) is 11.6 Å². The van der Waals surface area contributed by atoms with E-state index in [4.69, 9.17) is 5.73 Å². The molecule has 180 valence electrons. The van der Waals surface area contributed by atoms with Crippen LogP contribution in [0.2, 0.25) is 0 Å². The second-order valence-corrected chi connectivity index (χ2v) is 11.1. The van der Waals surface area contributed by atoms with Gasteiger partial charge in [-0.2, -0.15) is 5.10 Å². The molecule has 0 aliphatic heterocycles. The number of carbonyl (C=O) groups excluding carboxylic acids is 2. The molecule has 35 heavy (non-hydrogen) atoms. The topological polar surface area (TPSA) is 137 Å². The highest BCUT2D eigenvalue weighted by molar-refractivity contribution is 9.10. The minimum absolute atomic E-state index is 0.00773. The summed E-state index contributed by atoms with van der Waals surface area (Å²) in [5.41, 5.74) is 8.88. The Morgan fingerprint density at radius 2 is 1.77 bits per heavy atom. The number of nitrogens with zero attached hydrogens (tertiary/aromatic N) is 3. The molecule has 2 aromatic carbocycles. The number of fused-ring (bicyclic) bond motifs is 1. The number of nitrogens with two attached hydrogens (primary N) is 1. The highest BCUT2D eigenvalue weighted by Crippen LogP contribution is 2.26. The Labute approximate surface area is 210 Å².